The Labute approximate surface area is 130 Å². The summed E-state index contributed by atoms with van der Waals surface area (Å²) in [6, 6.07) is 5.18. The van der Waals surface area contributed by atoms with Crippen molar-refractivity contribution in [2.45, 2.75) is 19.9 Å². The molecule has 2 rings (SSSR count). The third-order valence-electron chi connectivity index (χ3n) is 2.78. The van der Waals surface area contributed by atoms with Crippen LogP contribution in [0, 0.1) is 6.92 Å². The number of carbonyl (C=O) groups is 1. The van der Waals surface area contributed by atoms with Gasteiger partial charge in [-0.05, 0) is 48.0 Å². The predicted octanol–water partition coefficient (Wildman–Crippen LogP) is 3.71. The largest absolute Gasteiger partial charge is 0.497 e. The number of benzene rings is 1. The highest BCUT2D eigenvalue weighted by molar-refractivity contribution is 9.10. The second-order valence-corrected chi connectivity index (χ2v) is 6.47. The average Bonchev–Trinajstić information content (AvgIpc) is 2.86. The SMILES string of the molecule is COc1ccc(Br)c(C(=O)NC(C)c2ncc(C)s2)c1. The summed E-state index contributed by atoms with van der Waals surface area (Å²) in [5, 5.41) is 3.84. The van der Waals surface area contributed by atoms with E-state index in [4.69, 9.17) is 4.74 Å². The van der Waals surface area contributed by atoms with Crippen LogP contribution in [0.4, 0.5) is 0 Å². The third kappa shape index (κ3) is 3.37. The Bertz CT molecular complexity index is 627. The molecule has 0 saturated heterocycles. The maximum atomic E-state index is 12.3. The van der Waals surface area contributed by atoms with Gasteiger partial charge in [0, 0.05) is 15.5 Å². The fraction of sp³-hybridized carbons (Fsp3) is 0.286. The minimum absolute atomic E-state index is 0.126. The predicted molar refractivity (Wildman–Crippen MR) is 83.4 cm³/mol. The van der Waals surface area contributed by atoms with E-state index in [1.54, 1.807) is 36.6 Å². The van der Waals surface area contributed by atoms with Gasteiger partial charge in [-0.15, -0.1) is 11.3 Å². The first-order valence-electron chi connectivity index (χ1n) is 6.08. The van der Waals surface area contributed by atoms with Crippen molar-refractivity contribution in [1.29, 1.82) is 0 Å². The zero-order chi connectivity index (χ0) is 14.7. The Kier molecular flexibility index (Phi) is 4.77. The Hall–Kier alpha value is -1.40. The van der Waals surface area contributed by atoms with Gasteiger partial charge < -0.3 is 10.1 Å². The first-order valence-corrected chi connectivity index (χ1v) is 7.69. The molecule has 0 spiro atoms. The Morgan fingerprint density at radius 3 is 2.85 bits per heavy atom. The summed E-state index contributed by atoms with van der Waals surface area (Å²) in [4.78, 5) is 17.7. The maximum absolute atomic E-state index is 12.3. The van der Waals surface area contributed by atoms with E-state index in [2.05, 4.69) is 26.2 Å². The van der Waals surface area contributed by atoms with Gasteiger partial charge in [0.15, 0.2) is 0 Å². The van der Waals surface area contributed by atoms with Gasteiger partial charge in [0.2, 0.25) is 0 Å². The number of nitrogens with one attached hydrogen (secondary N) is 1. The Balaban J connectivity index is 2.15. The maximum Gasteiger partial charge on any atom is 0.253 e. The number of halogens is 1. The van der Waals surface area contributed by atoms with Crippen LogP contribution in [0.3, 0.4) is 0 Å². The lowest BCUT2D eigenvalue weighted by Gasteiger charge is -2.13. The molecule has 1 atom stereocenters. The normalized spacial score (nSPS) is 12.0. The zero-order valence-electron chi connectivity index (χ0n) is 11.4. The van der Waals surface area contributed by atoms with E-state index in [0.717, 1.165) is 14.4 Å². The molecule has 1 N–H and O–H groups in total. The third-order valence-corrected chi connectivity index (χ3v) is 4.56. The van der Waals surface area contributed by atoms with E-state index >= 15 is 0 Å². The van der Waals surface area contributed by atoms with Gasteiger partial charge >= 0.3 is 0 Å². The van der Waals surface area contributed by atoms with E-state index in [-0.39, 0.29) is 11.9 Å². The van der Waals surface area contributed by atoms with E-state index in [1.807, 2.05) is 20.0 Å². The summed E-state index contributed by atoms with van der Waals surface area (Å²) in [6.07, 6.45) is 1.81. The molecule has 106 valence electrons. The molecule has 0 aliphatic rings. The molecule has 20 heavy (non-hydrogen) atoms. The van der Waals surface area contributed by atoms with Gasteiger partial charge in [0.1, 0.15) is 10.8 Å². The van der Waals surface area contributed by atoms with Gasteiger partial charge in [-0.25, -0.2) is 4.98 Å². The number of hydrogen-bond acceptors (Lipinski definition) is 4. The number of ether oxygens (including phenoxy) is 1. The van der Waals surface area contributed by atoms with Gasteiger partial charge in [-0.2, -0.15) is 0 Å². The number of carbonyl (C=O) groups excluding carboxylic acids is 1. The fourth-order valence-electron chi connectivity index (χ4n) is 1.71. The fourth-order valence-corrected chi connectivity index (χ4v) is 2.92. The minimum atomic E-state index is -0.156. The molecular formula is C14H15BrN2O2S. The van der Waals surface area contributed by atoms with Gasteiger partial charge in [-0.1, -0.05) is 0 Å². The lowest BCUT2D eigenvalue weighted by Crippen LogP contribution is -2.26. The number of rotatable bonds is 4. The molecule has 2 aromatic rings. The Morgan fingerprint density at radius 1 is 1.50 bits per heavy atom. The number of aromatic nitrogens is 1. The summed E-state index contributed by atoms with van der Waals surface area (Å²) in [7, 11) is 1.58. The molecule has 0 saturated carbocycles. The molecule has 1 aromatic heterocycles. The van der Waals surface area contributed by atoms with Crippen LogP contribution < -0.4 is 10.1 Å². The van der Waals surface area contributed by atoms with Gasteiger partial charge in [-0.3, -0.25) is 4.79 Å². The van der Waals surface area contributed by atoms with E-state index in [1.165, 1.54) is 0 Å². The van der Waals surface area contributed by atoms with Crippen molar-refractivity contribution in [2.75, 3.05) is 7.11 Å². The molecule has 1 aromatic carbocycles. The summed E-state index contributed by atoms with van der Waals surface area (Å²) < 4.78 is 5.88. The second-order valence-electron chi connectivity index (χ2n) is 4.35. The number of hydrogen-bond donors (Lipinski definition) is 1. The van der Waals surface area contributed by atoms with Crippen LogP contribution in [0.1, 0.15) is 33.2 Å². The molecule has 0 fully saturated rings. The van der Waals surface area contributed by atoms with Gasteiger partial charge in [0.25, 0.3) is 5.91 Å². The van der Waals surface area contributed by atoms with Crippen LogP contribution in [-0.2, 0) is 0 Å². The first-order chi connectivity index (χ1) is 9.51. The molecule has 1 heterocycles. The molecule has 0 aliphatic heterocycles. The summed E-state index contributed by atoms with van der Waals surface area (Å²) >= 11 is 4.96. The van der Waals surface area contributed by atoms with Crippen molar-refractivity contribution in [3.05, 3.63) is 44.3 Å². The molecule has 1 amide bonds. The number of aryl methyl sites for hydroxylation is 1. The molecule has 4 nitrogen and oxygen atoms in total. The van der Waals surface area contributed by atoms with E-state index in [0.29, 0.717) is 11.3 Å². The van der Waals surface area contributed by atoms with Crippen LogP contribution >= 0.6 is 27.3 Å². The number of thiazole rings is 1. The summed E-state index contributed by atoms with van der Waals surface area (Å²) in [5.74, 6) is 0.493. The highest BCUT2D eigenvalue weighted by atomic mass is 79.9. The lowest BCUT2D eigenvalue weighted by molar-refractivity contribution is 0.0938. The van der Waals surface area contributed by atoms with Crippen LogP contribution in [-0.4, -0.2) is 18.0 Å². The monoisotopic (exact) mass is 354 g/mol. The molecule has 1 unspecified atom stereocenters. The van der Waals surface area contributed by atoms with Crippen LogP contribution in [0.15, 0.2) is 28.9 Å². The van der Waals surface area contributed by atoms with Crippen LogP contribution in [0.5, 0.6) is 5.75 Å². The summed E-state index contributed by atoms with van der Waals surface area (Å²) in [5.41, 5.74) is 0.546. The van der Waals surface area contributed by atoms with Crippen molar-refractivity contribution in [3.63, 3.8) is 0 Å². The van der Waals surface area contributed by atoms with Crippen molar-refractivity contribution < 1.29 is 9.53 Å². The number of amides is 1. The Morgan fingerprint density at radius 2 is 2.25 bits per heavy atom. The number of methoxy groups -OCH3 is 1. The van der Waals surface area contributed by atoms with Crippen LogP contribution in [0.2, 0.25) is 0 Å². The molecule has 0 bridgehead atoms. The van der Waals surface area contributed by atoms with E-state index in [9.17, 15) is 4.79 Å². The van der Waals surface area contributed by atoms with E-state index < -0.39 is 0 Å². The quantitative estimate of drug-likeness (QED) is 0.910. The zero-order valence-corrected chi connectivity index (χ0v) is 13.8. The standard InChI is InChI=1S/C14H15BrN2O2S/c1-8-7-16-14(20-8)9(2)17-13(18)11-6-10(19-3)4-5-12(11)15/h4-7,9H,1-3H3,(H,17,18). The van der Waals surface area contributed by atoms with Crippen LogP contribution in [0.25, 0.3) is 0 Å². The highest BCUT2D eigenvalue weighted by Gasteiger charge is 2.16. The number of nitrogens with zero attached hydrogens (tertiary/aromatic N) is 1. The van der Waals surface area contributed by atoms with Gasteiger partial charge in [0.05, 0.1) is 18.7 Å². The lowest BCUT2D eigenvalue weighted by atomic mass is 10.2. The van der Waals surface area contributed by atoms with Crippen molar-refractivity contribution in [2.24, 2.45) is 0 Å². The minimum Gasteiger partial charge on any atom is -0.497 e. The van der Waals surface area contributed by atoms with Crippen molar-refractivity contribution >= 4 is 33.2 Å². The van der Waals surface area contributed by atoms with Crippen molar-refractivity contribution in [3.8, 4) is 5.75 Å². The smallest absolute Gasteiger partial charge is 0.253 e. The molecular weight excluding hydrogens is 340 g/mol. The highest BCUT2D eigenvalue weighted by Crippen LogP contribution is 2.24. The molecule has 0 radical (unpaired) electrons. The average molecular weight is 355 g/mol. The topological polar surface area (TPSA) is 51.2 Å². The van der Waals surface area contributed by atoms with Crippen molar-refractivity contribution in [1.82, 2.24) is 10.3 Å². The molecule has 6 heteroatoms. The molecule has 0 aliphatic carbocycles. The first kappa shape index (κ1) is 15.0. The second kappa shape index (κ2) is 6.37. The summed E-state index contributed by atoms with van der Waals surface area (Å²) in [6.45, 7) is 3.92.